The molecule has 0 heterocycles. The highest BCUT2D eigenvalue weighted by Crippen LogP contribution is 2.39. The predicted molar refractivity (Wildman–Crippen MR) is 106 cm³/mol. The molecule has 0 saturated heterocycles. The second-order valence-electron chi connectivity index (χ2n) is 6.31. The number of para-hydroxylation sites is 1. The number of phenols is 1. The molecule has 0 radical (unpaired) electrons. The fourth-order valence-corrected chi connectivity index (χ4v) is 4.27. The van der Waals surface area contributed by atoms with Gasteiger partial charge in [0.1, 0.15) is 9.79 Å². The Kier molecular flexibility index (Phi) is 5.54. The molecule has 7 nitrogen and oxygen atoms in total. The molecule has 29 heavy (non-hydrogen) atoms. The van der Waals surface area contributed by atoms with Crippen LogP contribution in [0, 0.1) is 13.8 Å². The van der Waals surface area contributed by atoms with Crippen molar-refractivity contribution in [3.8, 4) is 17.2 Å². The first-order valence-electron chi connectivity index (χ1n) is 8.43. The number of hydrogen-bond donors (Lipinski definition) is 1. The van der Waals surface area contributed by atoms with Crippen molar-refractivity contribution in [3.05, 3.63) is 77.9 Å². The lowest BCUT2D eigenvalue weighted by Crippen LogP contribution is -2.13. The van der Waals surface area contributed by atoms with Crippen LogP contribution in [0.4, 0.5) is 0 Å². The molecule has 0 fully saturated rings. The molecular formula is C20H18O7S2. The third-order valence-electron chi connectivity index (χ3n) is 3.97. The molecule has 152 valence electrons. The highest BCUT2D eigenvalue weighted by atomic mass is 32.2. The smallest absolute Gasteiger partial charge is 0.339 e. The SMILES string of the molecule is Cc1ccc(S(=O)(=O)Oc2cccc(O)c2OS(=O)(=O)c2ccc(C)cc2)cc1. The summed E-state index contributed by atoms with van der Waals surface area (Å²) < 4.78 is 60.3. The summed E-state index contributed by atoms with van der Waals surface area (Å²) in [4.78, 5) is -0.280. The van der Waals surface area contributed by atoms with Crippen LogP contribution in [-0.4, -0.2) is 21.9 Å². The minimum Gasteiger partial charge on any atom is -0.504 e. The second-order valence-corrected chi connectivity index (χ2v) is 9.40. The maximum atomic E-state index is 12.6. The van der Waals surface area contributed by atoms with Crippen LogP contribution in [0.1, 0.15) is 11.1 Å². The van der Waals surface area contributed by atoms with E-state index in [0.717, 1.165) is 17.2 Å². The first-order chi connectivity index (χ1) is 13.6. The van der Waals surface area contributed by atoms with Gasteiger partial charge in [0.2, 0.25) is 5.75 Å². The van der Waals surface area contributed by atoms with Gasteiger partial charge in [-0.15, -0.1) is 0 Å². The third-order valence-corrected chi connectivity index (χ3v) is 6.45. The molecule has 9 heteroatoms. The Bertz CT molecular complexity index is 1230. The molecule has 0 bridgehead atoms. The maximum Gasteiger partial charge on any atom is 0.339 e. The molecule has 0 spiro atoms. The summed E-state index contributed by atoms with van der Waals surface area (Å²) >= 11 is 0. The molecule has 0 saturated carbocycles. The Morgan fingerprint density at radius 1 is 0.655 bits per heavy atom. The Morgan fingerprint density at radius 3 is 1.59 bits per heavy atom. The van der Waals surface area contributed by atoms with Crippen LogP contribution in [0.5, 0.6) is 17.2 Å². The third kappa shape index (κ3) is 4.69. The molecule has 3 aromatic rings. The van der Waals surface area contributed by atoms with Gasteiger partial charge in [-0.1, -0.05) is 41.5 Å². The molecule has 0 atom stereocenters. The Hall–Kier alpha value is -3.04. The van der Waals surface area contributed by atoms with Gasteiger partial charge in [0.25, 0.3) is 0 Å². The summed E-state index contributed by atoms with van der Waals surface area (Å²) in [6.07, 6.45) is 0. The largest absolute Gasteiger partial charge is 0.504 e. The average Bonchev–Trinajstić information content (AvgIpc) is 2.65. The van der Waals surface area contributed by atoms with E-state index in [-0.39, 0.29) is 9.79 Å². The topological polar surface area (TPSA) is 107 Å². The van der Waals surface area contributed by atoms with E-state index in [9.17, 15) is 21.9 Å². The van der Waals surface area contributed by atoms with Gasteiger partial charge in [-0.05, 0) is 50.2 Å². The van der Waals surface area contributed by atoms with Gasteiger partial charge in [0, 0.05) is 0 Å². The second kappa shape index (κ2) is 7.76. The van der Waals surface area contributed by atoms with Gasteiger partial charge in [-0.25, -0.2) is 0 Å². The van der Waals surface area contributed by atoms with Crippen molar-refractivity contribution in [3.63, 3.8) is 0 Å². The number of hydrogen-bond acceptors (Lipinski definition) is 7. The lowest BCUT2D eigenvalue weighted by molar-refractivity contribution is 0.410. The first kappa shape index (κ1) is 20.7. The Morgan fingerprint density at radius 2 is 1.10 bits per heavy atom. The van der Waals surface area contributed by atoms with Crippen molar-refractivity contribution in [1.29, 1.82) is 0 Å². The zero-order chi connectivity index (χ0) is 21.2. The minimum absolute atomic E-state index is 0.126. The molecule has 1 N–H and O–H groups in total. The van der Waals surface area contributed by atoms with Crippen molar-refractivity contribution in [2.75, 3.05) is 0 Å². The quantitative estimate of drug-likeness (QED) is 0.591. The lowest BCUT2D eigenvalue weighted by Gasteiger charge is -2.14. The zero-order valence-corrected chi connectivity index (χ0v) is 17.2. The molecule has 3 rings (SSSR count). The lowest BCUT2D eigenvalue weighted by atomic mass is 10.2. The molecule has 3 aromatic carbocycles. The molecule has 0 amide bonds. The van der Waals surface area contributed by atoms with E-state index < -0.39 is 37.5 Å². The molecule has 0 aliphatic carbocycles. The molecule has 0 aliphatic rings. The van der Waals surface area contributed by atoms with Gasteiger partial charge in [0.05, 0.1) is 0 Å². The number of rotatable bonds is 6. The van der Waals surface area contributed by atoms with E-state index in [4.69, 9.17) is 8.37 Å². The van der Waals surface area contributed by atoms with Crippen LogP contribution in [0.25, 0.3) is 0 Å². The predicted octanol–water partition coefficient (Wildman–Crippen LogP) is 3.54. The summed E-state index contributed by atoms with van der Waals surface area (Å²) in [5, 5.41) is 10.1. The fourth-order valence-electron chi connectivity index (χ4n) is 2.39. The molecular weight excluding hydrogens is 416 g/mol. The van der Waals surface area contributed by atoms with Crippen LogP contribution < -0.4 is 8.37 Å². The van der Waals surface area contributed by atoms with E-state index in [2.05, 4.69) is 0 Å². The van der Waals surface area contributed by atoms with Crippen molar-refractivity contribution in [2.45, 2.75) is 23.6 Å². The fraction of sp³-hybridized carbons (Fsp3) is 0.100. The number of benzene rings is 3. The van der Waals surface area contributed by atoms with E-state index in [1.54, 1.807) is 38.1 Å². The summed E-state index contributed by atoms with van der Waals surface area (Å²) in [7, 11) is -8.62. The van der Waals surface area contributed by atoms with Crippen LogP contribution in [-0.2, 0) is 20.2 Å². The molecule has 0 aromatic heterocycles. The number of aryl methyl sites for hydroxylation is 2. The van der Waals surface area contributed by atoms with E-state index >= 15 is 0 Å². The van der Waals surface area contributed by atoms with Crippen LogP contribution in [0.2, 0.25) is 0 Å². The van der Waals surface area contributed by atoms with Gasteiger partial charge in [-0.2, -0.15) is 16.8 Å². The first-order valence-corrected chi connectivity index (χ1v) is 11.2. The van der Waals surface area contributed by atoms with E-state index in [1.165, 1.54) is 36.4 Å². The summed E-state index contributed by atoms with van der Waals surface area (Å²) in [6.45, 7) is 3.59. The number of aromatic hydroxyl groups is 1. The van der Waals surface area contributed by atoms with Gasteiger partial charge in [-0.3, -0.25) is 0 Å². The van der Waals surface area contributed by atoms with Crippen molar-refractivity contribution >= 4 is 20.2 Å². The highest BCUT2D eigenvalue weighted by Gasteiger charge is 2.25. The van der Waals surface area contributed by atoms with Crippen molar-refractivity contribution in [2.24, 2.45) is 0 Å². The van der Waals surface area contributed by atoms with Crippen molar-refractivity contribution < 1.29 is 30.3 Å². The minimum atomic E-state index is -4.34. The average molecular weight is 434 g/mol. The van der Waals surface area contributed by atoms with E-state index in [1.807, 2.05) is 0 Å². The standard InChI is InChI=1S/C20H18O7S2/c1-14-6-10-16(11-7-14)28(22,23)26-19-5-3-4-18(21)20(19)27-29(24,25)17-12-8-15(2)9-13-17/h3-13,21H,1-2H3. The summed E-state index contributed by atoms with van der Waals surface area (Å²) in [5.74, 6) is -1.66. The number of phenolic OH excluding ortho intramolecular Hbond substituents is 1. The molecule has 0 unspecified atom stereocenters. The Balaban J connectivity index is 1.97. The van der Waals surface area contributed by atoms with Gasteiger partial charge < -0.3 is 13.5 Å². The maximum absolute atomic E-state index is 12.6. The van der Waals surface area contributed by atoms with Crippen molar-refractivity contribution in [1.82, 2.24) is 0 Å². The van der Waals surface area contributed by atoms with E-state index in [0.29, 0.717) is 0 Å². The molecule has 0 aliphatic heterocycles. The van der Waals surface area contributed by atoms with Gasteiger partial charge >= 0.3 is 20.2 Å². The van der Waals surface area contributed by atoms with Crippen LogP contribution >= 0.6 is 0 Å². The highest BCUT2D eigenvalue weighted by molar-refractivity contribution is 7.87. The van der Waals surface area contributed by atoms with Crippen LogP contribution in [0.3, 0.4) is 0 Å². The van der Waals surface area contributed by atoms with Gasteiger partial charge in [0.15, 0.2) is 11.5 Å². The summed E-state index contributed by atoms with van der Waals surface area (Å²) in [6, 6.07) is 15.4. The van der Waals surface area contributed by atoms with Crippen LogP contribution in [0.15, 0.2) is 76.5 Å². The zero-order valence-electron chi connectivity index (χ0n) is 15.6. The Labute approximate surface area is 169 Å². The summed E-state index contributed by atoms with van der Waals surface area (Å²) in [5.41, 5.74) is 1.70. The normalized spacial score (nSPS) is 11.8. The monoisotopic (exact) mass is 434 g/mol.